The van der Waals surface area contributed by atoms with Crippen LogP contribution in [0.1, 0.15) is 36.0 Å². The van der Waals surface area contributed by atoms with Crippen molar-refractivity contribution in [3.63, 3.8) is 0 Å². The summed E-state index contributed by atoms with van der Waals surface area (Å²) < 4.78 is 0. The molecule has 0 heterocycles. The van der Waals surface area contributed by atoms with Gasteiger partial charge in [0.05, 0.1) is 0 Å². The van der Waals surface area contributed by atoms with E-state index >= 15 is 0 Å². The number of nitrogens with one attached hydrogen (secondary N) is 1. The van der Waals surface area contributed by atoms with Gasteiger partial charge in [0, 0.05) is 11.6 Å². The van der Waals surface area contributed by atoms with Crippen LogP contribution >= 0.6 is 0 Å². The van der Waals surface area contributed by atoms with Crippen LogP contribution in [0.15, 0.2) is 30.3 Å². The van der Waals surface area contributed by atoms with Gasteiger partial charge >= 0.3 is 0 Å². The van der Waals surface area contributed by atoms with Crippen LogP contribution in [0.3, 0.4) is 0 Å². The molecule has 0 radical (unpaired) electrons. The van der Waals surface area contributed by atoms with Gasteiger partial charge in [-0.05, 0) is 31.1 Å². The quantitative estimate of drug-likeness (QED) is 0.628. The summed E-state index contributed by atoms with van der Waals surface area (Å²) in [5.41, 5.74) is 6.70. The monoisotopic (exact) mass is 244 g/mol. The van der Waals surface area contributed by atoms with E-state index in [9.17, 15) is 4.79 Å². The van der Waals surface area contributed by atoms with Crippen molar-refractivity contribution in [1.29, 1.82) is 0 Å². The molecule has 4 unspecified atom stereocenters. The van der Waals surface area contributed by atoms with Gasteiger partial charge in [-0.3, -0.25) is 10.1 Å². The number of hydrogen-bond donors (Lipinski definition) is 2. The maximum atomic E-state index is 12.2. The van der Waals surface area contributed by atoms with Gasteiger partial charge in [-0.15, -0.1) is 0 Å². The normalized spacial score (nSPS) is 31.5. The summed E-state index contributed by atoms with van der Waals surface area (Å²) >= 11 is 0. The van der Waals surface area contributed by atoms with Crippen LogP contribution in [0.5, 0.6) is 0 Å². The fraction of sp³-hybridized carbons (Fsp3) is 0.533. The van der Waals surface area contributed by atoms with Crippen molar-refractivity contribution in [3.8, 4) is 0 Å². The Morgan fingerprint density at radius 2 is 2.00 bits per heavy atom. The molecule has 2 bridgehead atoms. The van der Waals surface area contributed by atoms with Gasteiger partial charge < -0.3 is 5.73 Å². The van der Waals surface area contributed by atoms with E-state index in [1.165, 1.54) is 25.7 Å². The van der Waals surface area contributed by atoms with E-state index in [-0.39, 0.29) is 5.78 Å². The van der Waals surface area contributed by atoms with Crippen molar-refractivity contribution in [2.24, 2.45) is 17.6 Å². The number of carbonyl (C=O) groups is 1. The Hall–Kier alpha value is -1.19. The van der Waals surface area contributed by atoms with Crippen molar-refractivity contribution in [3.05, 3.63) is 35.9 Å². The fourth-order valence-electron chi connectivity index (χ4n) is 3.54. The maximum absolute atomic E-state index is 12.2. The van der Waals surface area contributed by atoms with Crippen LogP contribution < -0.4 is 11.1 Å². The number of ketones is 1. The van der Waals surface area contributed by atoms with Crippen LogP contribution in [0.4, 0.5) is 0 Å². The second kappa shape index (κ2) is 4.82. The third-order valence-electron chi connectivity index (χ3n) is 4.47. The summed E-state index contributed by atoms with van der Waals surface area (Å²) in [7, 11) is 0. The Kier molecular flexibility index (Phi) is 3.18. The van der Waals surface area contributed by atoms with E-state index in [1.54, 1.807) is 0 Å². The first kappa shape index (κ1) is 11.9. The van der Waals surface area contributed by atoms with Crippen LogP contribution in [-0.4, -0.2) is 18.0 Å². The summed E-state index contributed by atoms with van der Waals surface area (Å²) in [6.07, 6.45) is 4.63. The lowest BCUT2D eigenvalue weighted by Gasteiger charge is -2.26. The summed E-state index contributed by atoms with van der Waals surface area (Å²) in [5.74, 6) is 1.61. The fourth-order valence-corrected chi connectivity index (χ4v) is 3.54. The average Bonchev–Trinajstić information content (AvgIpc) is 3.01. The second-order valence-electron chi connectivity index (χ2n) is 5.66. The number of carbonyl (C=O) groups excluding carboxylic acids is 1. The standard InChI is InChI=1S/C15H20N2O/c16-15(14(18)11-4-2-1-3-5-11)17-13-9-10-6-7-12(13)8-10/h1-5,10,12-13,15,17H,6-9,16H2. The Morgan fingerprint density at radius 1 is 1.22 bits per heavy atom. The molecule has 0 saturated heterocycles. The van der Waals surface area contributed by atoms with Gasteiger partial charge in [-0.2, -0.15) is 0 Å². The largest absolute Gasteiger partial charge is 0.309 e. The predicted molar refractivity (Wildman–Crippen MR) is 71.1 cm³/mol. The SMILES string of the molecule is NC(NC1CC2CCC1C2)C(=O)c1ccccc1. The van der Waals surface area contributed by atoms with Crippen molar-refractivity contribution in [1.82, 2.24) is 5.32 Å². The second-order valence-corrected chi connectivity index (χ2v) is 5.66. The smallest absolute Gasteiger partial charge is 0.194 e. The molecule has 1 aromatic carbocycles. The summed E-state index contributed by atoms with van der Waals surface area (Å²) in [6.45, 7) is 0. The topological polar surface area (TPSA) is 55.1 Å². The molecule has 2 fully saturated rings. The summed E-state index contributed by atoms with van der Waals surface area (Å²) in [5, 5.41) is 3.34. The highest BCUT2D eigenvalue weighted by Gasteiger charge is 2.40. The number of rotatable bonds is 4. The van der Waals surface area contributed by atoms with Crippen LogP contribution in [0, 0.1) is 11.8 Å². The molecule has 0 aromatic heterocycles. The first-order valence-electron chi connectivity index (χ1n) is 6.85. The molecule has 2 aliphatic rings. The number of Topliss-reactive ketones (excluding diaryl/α,β-unsaturated/α-hetero) is 1. The first-order chi connectivity index (χ1) is 8.74. The minimum absolute atomic E-state index is 0.00151. The molecule has 4 atom stereocenters. The molecule has 0 spiro atoms. The van der Waals surface area contributed by atoms with E-state index in [1.807, 2.05) is 30.3 Å². The Labute approximate surface area is 108 Å². The predicted octanol–water partition coefficient (Wildman–Crippen LogP) is 1.93. The highest BCUT2D eigenvalue weighted by Crippen LogP contribution is 2.44. The molecule has 2 saturated carbocycles. The Morgan fingerprint density at radius 3 is 2.61 bits per heavy atom. The molecule has 3 rings (SSSR count). The average molecular weight is 244 g/mol. The van der Waals surface area contributed by atoms with Crippen LogP contribution in [0.25, 0.3) is 0 Å². The highest BCUT2D eigenvalue weighted by atomic mass is 16.1. The molecule has 96 valence electrons. The Balaban J connectivity index is 1.62. The third-order valence-corrected chi connectivity index (χ3v) is 4.47. The van der Waals surface area contributed by atoms with Gasteiger partial charge in [0.25, 0.3) is 0 Å². The number of benzene rings is 1. The van der Waals surface area contributed by atoms with Gasteiger partial charge in [0.15, 0.2) is 5.78 Å². The molecule has 3 nitrogen and oxygen atoms in total. The van der Waals surface area contributed by atoms with E-state index < -0.39 is 6.17 Å². The molecule has 3 heteroatoms. The highest BCUT2D eigenvalue weighted by molar-refractivity contribution is 5.99. The molecular weight excluding hydrogens is 224 g/mol. The van der Waals surface area contributed by atoms with Crippen LogP contribution in [0.2, 0.25) is 0 Å². The van der Waals surface area contributed by atoms with Gasteiger partial charge in [0.2, 0.25) is 0 Å². The van der Waals surface area contributed by atoms with Gasteiger partial charge in [-0.1, -0.05) is 36.8 Å². The van der Waals surface area contributed by atoms with Crippen molar-refractivity contribution in [2.75, 3.05) is 0 Å². The number of nitrogens with two attached hydrogens (primary N) is 1. The molecule has 0 amide bonds. The number of hydrogen-bond acceptors (Lipinski definition) is 3. The lowest BCUT2D eigenvalue weighted by molar-refractivity contribution is 0.0932. The zero-order chi connectivity index (χ0) is 12.5. The third kappa shape index (κ3) is 2.20. The summed E-state index contributed by atoms with van der Waals surface area (Å²) in [6, 6.07) is 9.75. The number of fused-ring (bicyclic) bond motifs is 2. The zero-order valence-corrected chi connectivity index (χ0v) is 10.5. The van der Waals surface area contributed by atoms with Crippen molar-refractivity contribution < 1.29 is 4.79 Å². The molecule has 3 N–H and O–H groups in total. The van der Waals surface area contributed by atoms with E-state index in [0.29, 0.717) is 11.6 Å². The van der Waals surface area contributed by atoms with E-state index in [2.05, 4.69) is 5.32 Å². The van der Waals surface area contributed by atoms with Gasteiger partial charge in [-0.25, -0.2) is 0 Å². The van der Waals surface area contributed by atoms with Crippen molar-refractivity contribution in [2.45, 2.75) is 37.9 Å². The molecule has 1 aromatic rings. The maximum Gasteiger partial charge on any atom is 0.194 e. The molecule has 18 heavy (non-hydrogen) atoms. The minimum atomic E-state index is -0.559. The van der Waals surface area contributed by atoms with Crippen molar-refractivity contribution >= 4 is 5.78 Å². The molecular formula is C15H20N2O. The van der Waals surface area contributed by atoms with Crippen LogP contribution in [-0.2, 0) is 0 Å². The Bertz CT molecular complexity index is 431. The zero-order valence-electron chi connectivity index (χ0n) is 10.5. The minimum Gasteiger partial charge on any atom is -0.309 e. The molecule has 0 aliphatic heterocycles. The lowest BCUT2D eigenvalue weighted by atomic mass is 9.95. The summed E-state index contributed by atoms with van der Waals surface area (Å²) in [4.78, 5) is 12.2. The molecule has 2 aliphatic carbocycles. The van der Waals surface area contributed by atoms with E-state index in [0.717, 1.165) is 11.8 Å². The van der Waals surface area contributed by atoms with E-state index in [4.69, 9.17) is 5.73 Å². The van der Waals surface area contributed by atoms with Gasteiger partial charge in [0.1, 0.15) is 6.17 Å². The lowest BCUT2D eigenvalue weighted by Crippen LogP contribution is -2.50. The first-order valence-corrected chi connectivity index (χ1v) is 6.85.